The van der Waals surface area contributed by atoms with Crippen LogP contribution in [0.25, 0.3) is 0 Å². The van der Waals surface area contributed by atoms with Crippen molar-refractivity contribution in [3.05, 3.63) is 23.9 Å². The maximum absolute atomic E-state index is 12.6. The van der Waals surface area contributed by atoms with Crippen LogP contribution < -0.4 is 5.32 Å². The first kappa shape index (κ1) is 14.8. The molecule has 102 valence electrons. The van der Waals surface area contributed by atoms with Crippen molar-refractivity contribution in [2.75, 3.05) is 18.5 Å². The molecule has 0 aliphatic rings. The Morgan fingerprint density at radius 2 is 2.17 bits per heavy atom. The summed E-state index contributed by atoms with van der Waals surface area (Å²) < 4.78 is 37.9. The van der Waals surface area contributed by atoms with E-state index in [4.69, 9.17) is 5.11 Å². The summed E-state index contributed by atoms with van der Waals surface area (Å²) in [6.45, 7) is 2.39. The molecule has 2 N–H and O–H groups in total. The van der Waals surface area contributed by atoms with Crippen molar-refractivity contribution in [2.45, 2.75) is 25.9 Å². The number of aliphatic hydroxyl groups excluding tert-OH is 1. The van der Waals surface area contributed by atoms with Crippen molar-refractivity contribution >= 4 is 5.82 Å². The van der Waals surface area contributed by atoms with Gasteiger partial charge in [-0.3, -0.25) is 0 Å². The monoisotopic (exact) mass is 262 g/mol. The van der Waals surface area contributed by atoms with Gasteiger partial charge < -0.3 is 10.4 Å². The molecule has 0 saturated carbocycles. The molecular formula is C12H17F3N2O. The molecule has 1 heterocycles. The van der Waals surface area contributed by atoms with E-state index < -0.39 is 11.7 Å². The molecule has 18 heavy (non-hydrogen) atoms. The van der Waals surface area contributed by atoms with E-state index in [2.05, 4.69) is 10.3 Å². The van der Waals surface area contributed by atoms with Crippen LogP contribution in [0.15, 0.2) is 18.3 Å². The highest BCUT2D eigenvalue weighted by Crippen LogP contribution is 2.33. The normalized spacial score (nSPS) is 13.4. The zero-order valence-electron chi connectivity index (χ0n) is 10.2. The van der Waals surface area contributed by atoms with Gasteiger partial charge in [0.1, 0.15) is 5.82 Å². The largest absolute Gasteiger partial charge is 0.419 e. The topological polar surface area (TPSA) is 45.1 Å². The number of rotatable bonds is 6. The third-order valence-corrected chi connectivity index (χ3v) is 2.59. The van der Waals surface area contributed by atoms with Crippen LogP contribution >= 0.6 is 0 Å². The Kier molecular flexibility index (Phi) is 5.40. The van der Waals surface area contributed by atoms with E-state index in [-0.39, 0.29) is 18.3 Å². The summed E-state index contributed by atoms with van der Waals surface area (Å²) in [5, 5.41) is 11.5. The van der Waals surface area contributed by atoms with Crippen LogP contribution in [0.5, 0.6) is 0 Å². The lowest BCUT2D eigenvalue weighted by atomic mass is 10.1. The van der Waals surface area contributed by atoms with Crippen LogP contribution in [0.3, 0.4) is 0 Å². The molecule has 1 aromatic rings. The average molecular weight is 262 g/mol. The molecule has 6 heteroatoms. The minimum absolute atomic E-state index is 0.0946. The Morgan fingerprint density at radius 3 is 2.78 bits per heavy atom. The van der Waals surface area contributed by atoms with Gasteiger partial charge in [0.15, 0.2) is 0 Å². The number of anilines is 1. The van der Waals surface area contributed by atoms with Gasteiger partial charge in [-0.2, -0.15) is 13.2 Å². The van der Waals surface area contributed by atoms with E-state index in [1.54, 1.807) is 0 Å². The Labute approximate surface area is 104 Å². The van der Waals surface area contributed by atoms with Gasteiger partial charge in [0.05, 0.1) is 5.56 Å². The van der Waals surface area contributed by atoms with Crippen LogP contribution in [-0.2, 0) is 6.18 Å². The fourth-order valence-electron chi connectivity index (χ4n) is 1.52. The maximum Gasteiger partial charge on any atom is 0.419 e. The number of nitrogens with one attached hydrogen (secondary N) is 1. The first-order chi connectivity index (χ1) is 8.45. The Hall–Kier alpha value is -1.30. The van der Waals surface area contributed by atoms with E-state index in [0.717, 1.165) is 12.5 Å². The average Bonchev–Trinajstić information content (AvgIpc) is 2.33. The fourth-order valence-corrected chi connectivity index (χ4v) is 1.52. The van der Waals surface area contributed by atoms with E-state index in [1.165, 1.54) is 12.3 Å². The fraction of sp³-hybridized carbons (Fsp3) is 0.583. The van der Waals surface area contributed by atoms with Gasteiger partial charge in [0, 0.05) is 19.3 Å². The maximum atomic E-state index is 12.6. The van der Waals surface area contributed by atoms with Gasteiger partial charge in [-0.05, 0) is 30.9 Å². The van der Waals surface area contributed by atoms with Crippen LogP contribution in [0, 0.1) is 5.92 Å². The number of aromatic nitrogens is 1. The van der Waals surface area contributed by atoms with Gasteiger partial charge in [-0.15, -0.1) is 0 Å². The van der Waals surface area contributed by atoms with E-state index in [9.17, 15) is 13.2 Å². The molecular weight excluding hydrogens is 245 g/mol. The minimum Gasteiger partial charge on any atom is -0.396 e. The molecule has 0 aromatic carbocycles. The number of pyridine rings is 1. The van der Waals surface area contributed by atoms with Crippen LogP contribution in [0.1, 0.15) is 25.3 Å². The zero-order valence-corrected chi connectivity index (χ0v) is 10.2. The van der Waals surface area contributed by atoms with Gasteiger partial charge in [-0.25, -0.2) is 4.98 Å². The number of hydrogen-bond acceptors (Lipinski definition) is 3. The molecule has 0 fully saturated rings. The molecule has 1 unspecified atom stereocenters. The third-order valence-electron chi connectivity index (χ3n) is 2.59. The molecule has 0 aliphatic heterocycles. The SMILES string of the molecule is CC(CO)CCCNc1ncccc1C(F)(F)F. The molecule has 1 rings (SSSR count). The molecule has 0 radical (unpaired) electrons. The second-order valence-electron chi connectivity index (χ2n) is 4.25. The summed E-state index contributed by atoms with van der Waals surface area (Å²) in [5.41, 5.74) is -0.750. The number of halogens is 3. The quantitative estimate of drug-likeness (QED) is 0.775. The van der Waals surface area contributed by atoms with Gasteiger partial charge >= 0.3 is 6.18 Å². The Balaban J connectivity index is 2.52. The predicted octanol–water partition coefficient (Wildman–Crippen LogP) is 2.92. The predicted molar refractivity (Wildman–Crippen MR) is 63.2 cm³/mol. The van der Waals surface area contributed by atoms with Crippen molar-refractivity contribution in [2.24, 2.45) is 5.92 Å². The summed E-state index contributed by atoms with van der Waals surface area (Å²) in [6, 6.07) is 2.27. The summed E-state index contributed by atoms with van der Waals surface area (Å²) in [5.74, 6) is 0.0271. The summed E-state index contributed by atoms with van der Waals surface area (Å²) in [6.07, 6.45) is -1.61. The molecule has 0 saturated heterocycles. The molecule has 0 amide bonds. The molecule has 1 atom stereocenters. The van der Waals surface area contributed by atoms with E-state index >= 15 is 0 Å². The van der Waals surface area contributed by atoms with Crippen molar-refractivity contribution < 1.29 is 18.3 Å². The van der Waals surface area contributed by atoms with E-state index in [0.29, 0.717) is 13.0 Å². The molecule has 0 spiro atoms. The molecule has 3 nitrogen and oxygen atoms in total. The van der Waals surface area contributed by atoms with E-state index in [1.807, 2.05) is 6.92 Å². The molecule has 0 aliphatic carbocycles. The summed E-state index contributed by atoms with van der Waals surface area (Å²) >= 11 is 0. The highest BCUT2D eigenvalue weighted by Gasteiger charge is 2.33. The van der Waals surface area contributed by atoms with Gasteiger partial charge in [0.2, 0.25) is 0 Å². The van der Waals surface area contributed by atoms with Gasteiger partial charge in [-0.1, -0.05) is 6.92 Å². The lowest BCUT2D eigenvalue weighted by molar-refractivity contribution is -0.137. The Bertz CT molecular complexity index is 369. The zero-order chi connectivity index (χ0) is 13.6. The van der Waals surface area contributed by atoms with Crippen LogP contribution in [0.2, 0.25) is 0 Å². The van der Waals surface area contributed by atoms with Crippen molar-refractivity contribution in [1.29, 1.82) is 0 Å². The lowest BCUT2D eigenvalue weighted by Crippen LogP contribution is -2.13. The van der Waals surface area contributed by atoms with Gasteiger partial charge in [0.25, 0.3) is 0 Å². The van der Waals surface area contributed by atoms with Crippen LogP contribution in [0.4, 0.5) is 19.0 Å². The molecule has 1 aromatic heterocycles. The number of nitrogens with zero attached hydrogens (tertiary/aromatic N) is 1. The highest BCUT2D eigenvalue weighted by atomic mass is 19.4. The Morgan fingerprint density at radius 1 is 1.44 bits per heavy atom. The lowest BCUT2D eigenvalue weighted by Gasteiger charge is -2.13. The second-order valence-corrected chi connectivity index (χ2v) is 4.25. The second kappa shape index (κ2) is 6.58. The van der Waals surface area contributed by atoms with Crippen LogP contribution in [-0.4, -0.2) is 23.2 Å². The number of alkyl halides is 3. The first-order valence-electron chi connectivity index (χ1n) is 5.82. The standard InChI is InChI=1S/C12H17F3N2O/c1-9(8-18)4-2-6-16-11-10(12(13,14)15)5-3-7-17-11/h3,5,7,9,18H,2,4,6,8H2,1H3,(H,16,17). The first-order valence-corrected chi connectivity index (χ1v) is 5.82. The third kappa shape index (κ3) is 4.52. The highest BCUT2D eigenvalue weighted by molar-refractivity contribution is 5.45. The smallest absolute Gasteiger partial charge is 0.396 e. The summed E-state index contributed by atoms with van der Waals surface area (Å²) in [7, 11) is 0. The van der Waals surface area contributed by atoms with Crippen molar-refractivity contribution in [1.82, 2.24) is 4.98 Å². The van der Waals surface area contributed by atoms with Crippen molar-refractivity contribution in [3.8, 4) is 0 Å². The molecule has 0 bridgehead atoms. The number of aliphatic hydroxyl groups is 1. The van der Waals surface area contributed by atoms with Crippen molar-refractivity contribution in [3.63, 3.8) is 0 Å². The number of hydrogen-bond donors (Lipinski definition) is 2. The summed E-state index contributed by atoms with van der Waals surface area (Å²) in [4.78, 5) is 3.70. The minimum atomic E-state index is -4.39.